The predicted octanol–water partition coefficient (Wildman–Crippen LogP) is 1.84. The van der Waals surface area contributed by atoms with Gasteiger partial charge in [0.15, 0.2) is 5.78 Å². The zero-order chi connectivity index (χ0) is 7.14. The molecule has 0 heterocycles. The molecule has 0 saturated heterocycles. The van der Waals surface area contributed by atoms with Crippen molar-refractivity contribution in [2.24, 2.45) is 17.8 Å². The van der Waals surface area contributed by atoms with Crippen molar-refractivity contribution in [3.8, 4) is 0 Å². The van der Waals surface area contributed by atoms with Gasteiger partial charge in [0.2, 0.25) is 0 Å². The minimum absolute atomic E-state index is 0.226. The summed E-state index contributed by atoms with van der Waals surface area (Å²) < 4.78 is 0. The number of carbonyl (C=O) groups excluding carboxylic acids is 1. The first-order valence-electron chi connectivity index (χ1n) is 3.90. The Morgan fingerprint density at radius 3 is 2.40 bits per heavy atom. The topological polar surface area (TPSA) is 17.1 Å². The largest absolute Gasteiger partial charge is 0.298 e. The Hall–Kier alpha value is -0.0400. The van der Waals surface area contributed by atoms with Gasteiger partial charge in [-0.1, -0.05) is 0 Å². The molecule has 3 atom stereocenters. The van der Waals surface area contributed by atoms with Gasteiger partial charge >= 0.3 is 0 Å². The van der Waals surface area contributed by atoms with E-state index >= 15 is 0 Å². The summed E-state index contributed by atoms with van der Waals surface area (Å²) in [5.41, 5.74) is 0. The van der Waals surface area contributed by atoms with Crippen LogP contribution >= 0.6 is 11.6 Å². The van der Waals surface area contributed by atoms with Gasteiger partial charge in [0, 0.05) is 5.92 Å². The molecule has 0 amide bonds. The average molecular weight is 159 g/mol. The van der Waals surface area contributed by atoms with Gasteiger partial charge < -0.3 is 0 Å². The molecule has 0 bridgehead atoms. The van der Waals surface area contributed by atoms with Crippen molar-refractivity contribution in [3.05, 3.63) is 0 Å². The van der Waals surface area contributed by atoms with E-state index in [1.165, 1.54) is 6.42 Å². The molecule has 0 spiro atoms. The number of hydrogen-bond acceptors (Lipinski definition) is 1. The van der Waals surface area contributed by atoms with Crippen molar-refractivity contribution in [2.75, 3.05) is 5.88 Å². The summed E-state index contributed by atoms with van der Waals surface area (Å²) in [6.45, 7) is 0. The van der Waals surface area contributed by atoms with Gasteiger partial charge in [-0.25, -0.2) is 0 Å². The van der Waals surface area contributed by atoms with Crippen molar-refractivity contribution in [2.45, 2.75) is 19.3 Å². The normalized spacial score (nSPS) is 43.1. The van der Waals surface area contributed by atoms with Gasteiger partial charge in [0.25, 0.3) is 0 Å². The zero-order valence-electron chi connectivity index (χ0n) is 5.85. The third kappa shape index (κ3) is 0.968. The maximum absolute atomic E-state index is 11.0. The van der Waals surface area contributed by atoms with Gasteiger partial charge in [-0.15, -0.1) is 11.6 Å². The maximum Gasteiger partial charge on any atom is 0.150 e. The Balaban J connectivity index is 1.90. The molecule has 2 aliphatic carbocycles. The molecule has 0 N–H and O–H groups in total. The van der Waals surface area contributed by atoms with Crippen LogP contribution in [0.5, 0.6) is 0 Å². The summed E-state index contributed by atoms with van der Waals surface area (Å²) in [5.74, 6) is 2.63. The molecule has 2 heteroatoms. The van der Waals surface area contributed by atoms with Crippen LogP contribution in [0.4, 0.5) is 0 Å². The van der Waals surface area contributed by atoms with E-state index in [0.29, 0.717) is 5.92 Å². The molecule has 2 rings (SSSR count). The molecule has 1 nitrogen and oxygen atoms in total. The monoisotopic (exact) mass is 158 g/mol. The molecule has 0 aromatic carbocycles. The minimum atomic E-state index is 0.226. The van der Waals surface area contributed by atoms with E-state index in [-0.39, 0.29) is 11.7 Å². The van der Waals surface area contributed by atoms with Gasteiger partial charge in [0.05, 0.1) is 5.88 Å². The summed E-state index contributed by atoms with van der Waals surface area (Å²) in [4.78, 5) is 11.0. The molecule has 0 radical (unpaired) electrons. The molecule has 2 saturated carbocycles. The highest BCUT2D eigenvalue weighted by Crippen LogP contribution is 2.54. The number of rotatable bonds is 2. The number of alkyl halides is 1. The van der Waals surface area contributed by atoms with Crippen LogP contribution in [0, 0.1) is 17.8 Å². The van der Waals surface area contributed by atoms with E-state index in [0.717, 1.165) is 24.7 Å². The molecule has 0 unspecified atom stereocenters. The molecule has 10 heavy (non-hydrogen) atoms. The summed E-state index contributed by atoms with van der Waals surface area (Å²) >= 11 is 5.45. The molecule has 2 fully saturated rings. The number of carbonyl (C=O) groups is 1. The highest BCUT2D eigenvalue weighted by atomic mass is 35.5. The van der Waals surface area contributed by atoms with Gasteiger partial charge in [0.1, 0.15) is 0 Å². The number of Topliss-reactive ketones (excluding diaryl/α,β-unsaturated/α-hetero) is 1. The zero-order valence-corrected chi connectivity index (χ0v) is 6.60. The van der Waals surface area contributed by atoms with Crippen LogP contribution in [0.25, 0.3) is 0 Å². The van der Waals surface area contributed by atoms with Gasteiger partial charge in [-0.05, 0) is 31.1 Å². The highest BCUT2D eigenvalue weighted by molar-refractivity contribution is 6.27. The first-order valence-corrected chi connectivity index (χ1v) is 4.43. The lowest BCUT2D eigenvalue weighted by Crippen LogP contribution is -2.13. The van der Waals surface area contributed by atoms with Crippen LogP contribution in [0.3, 0.4) is 0 Å². The summed E-state index contributed by atoms with van der Waals surface area (Å²) in [5, 5.41) is 0. The number of ketones is 1. The molecule has 0 aromatic rings. The van der Waals surface area contributed by atoms with E-state index < -0.39 is 0 Å². The third-order valence-corrected chi connectivity index (χ3v) is 3.09. The standard InChI is InChI=1S/C8H11ClO/c9-4-8(10)7-2-5-1-6(5)3-7/h5-7H,1-4H2/t5-,6+,7-. The molecule has 56 valence electrons. The fourth-order valence-corrected chi connectivity index (χ4v) is 2.30. The quantitative estimate of drug-likeness (QED) is 0.561. The van der Waals surface area contributed by atoms with Crippen molar-refractivity contribution >= 4 is 17.4 Å². The fourth-order valence-electron chi connectivity index (χ4n) is 2.09. The SMILES string of the molecule is O=C(CCl)[C@H]1C[C@@H]2C[C@@H]2C1. The smallest absolute Gasteiger partial charge is 0.150 e. The second-order valence-corrected chi connectivity index (χ2v) is 3.79. The first kappa shape index (κ1) is 6.66. The van der Waals surface area contributed by atoms with Crippen molar-refractivity contribution in [3.63, 3.8) is 0 Å². The van der Waals surface area contributed by atoms with Crippen LogP contribution < -0.4 is 0 Å². The lowest BCUT2D eigenvalue weighted by atomic mass is 10.00. The van der Waals surface area contributed by atoms with E-state index in [1.54, 1.807) is 0 Å². The third-order valence-electron chi connectivity index (χ3n) is 2.83. The summed E-state index contributed by atoms with van der Waals surface area (Å²) in [6, 6.07) is 0. The van der Waals surface area contributed by atoms with Crippen LogP contribution in [-0.2, 0) is 4.79 Å². The summed E-state index contributed by atoms with van der Waals surface area (Å²) in [6.07, 6.45) is 3.65. The van der Waals surface area contributed by atoms with Crippen LogP contribution in [0.2, 0.25) is 0 Å². The van der Waals surface area contributed by atoms with Crippen LogP contribution in [-0.4, -0.2) is 11.7 Å². The van der Waals surface area contributed by atoms with Gasteiger partial charge in [-0.2, -0.15) is 0 Å². The second kappa shape index (κ2) is 2.23. The van der Waals surface area contributed by atoms with E-state index in [1.807, 2.05) is 0 Å². The molecular formula is C8H11ClO. The Kier molecular flexibility index (Phi) is 1.48. The summed E-state index contributed by atoms with van der Waals surface area (Å²) in [7, 11) is 0. The van der Waals surface area contributed by atoms with E-state index in [2.05, 4.69) is 0 Å². The van der Waals surface area contributed by atoms with E-state index in [4.69, 9.17) is 11.6 Å². The molecule has 0 aliphatic heterocycles. The highest BCUT2D eigenvalue weighted by Gasteiger charge is 2.47. The minimum Gasteiger partial charge on any atom is -0.298 e. The predicted molar refractivity (Wildman–Crippen MR) is 40.0 cm³/mol. The Bertz CT molecular complexity index is 157. The molecule has 2 aliphatic rings. The van der Waals surface area contributed by atoms with Crippen molar-refractivity contribution in [1.82, 2.24) is 0 Å². The Labute approximate surface area is 65.7 Å². The number of halogens is 1. The van der Waals surface area contributed by atoms with Crippen molar-refractivity contribution < 1.29 is 4.79 Å². The van der Waals surface area contributed by atoms with Gasteiger partial charge in [-0.3, -0.25) is 4.79 Å². The van der Waals surface area contributed by atoms with E-state index in [9.17, 15) is 4.79 Å². The average Bonchev–Trinajstić information content (AvgIpc) is 2.57. The van der Waals surface area contributed by atoms with Crippen LogP contribution in [0.1, 0.15) is 19.3 Å². The van der Waals surface area contributed by atoms with Crippen LogP contribution in [0.15, 0.2) is 0 Å². The lowest BCUT2D eigenvalue weighted by Gasteiger charge is -2.06. The molecule has 0 aromatic heterocycles. The Morgan fingerprint density at radius 1 is 1.30 bits per heavy atom. The maximum atomic E-state index is 11.0. The number of fused-ring (bicyclic) bond motifs is 1. The lowest BCUT2D eigenvalue weighted by molar-refractivity contribution is -0.120. The second-order valence-electron chi connectivity index (χ2n) is 3.52. The first-order chi connectivity index (χ1) is 4.81. The fraction of sp³-hybridized carbons (Fsp3) is 0.875. The van der Waals surface area contributed by atoms with Crippen molar-refractivity contribution in [1.29, 1.82) is 0 Å². The Morgan fingerprint density at radius 2 is 1.90 bits per heavy atom. The number of hydrogen-bond donors (Lipinski definition) is 0. The molecular weight excluding hydrogens is 148 g/mol.